The first kappa shape index (κ1) is 13.8. The molecule has 0 aromatic heterocycles. The van der Waals surface area contributed by atoms with Gasteiger partial charge in [-0.2, -0.15) is 13.2 Å². The number of phenols is 1. The Balaban J connectivity index is 2.98. The SMILES string of the molecule is N[C@@H](c1cc(CCCO)ccc1O)C(F)(F)F. The van der Waals surface area contributed by atoms with Crippen LogP contribution in [0.3, 0.4) is 0 Å². The molecule has 0 radical (unpaired) electrons. The van der Waals surface area contributed by atoms with E-state index in [-0.39, 0.29) is 12.2 Å². The van der Waals surface area contributed by atoms with Crippen LogP contribution in [0.15, 0.2) is 18.2 Å². The molecule has 0 spiro atoms. The number of aryl methyl sites for hydroxylation is 1. The van der Waals surface area contributed by atoms with Crippen LogP contribution in [0.25, 0.3) is 0 Å². The fraction of sp³-hybridized carbons (Fsp3) is 0.455. The van der Waals surface area contributed by atoms with Gasteiger partial charge in [0.2, 0.25) is 0 Å². The third kappa shape index (κ3) is 3.61. The van der Waals surface area contributed by atoms with Crippen LogP contribution < -0.4 is 5.73 Å². The van der Waals surface area contributed by atoms with E-state index in [0.717, 1.165) is 0 Å². The van der Waals surface area contributed by atoms with E-state index in [1.165, 1.54) is 18.2 Å². The Kier molecular flexibility index (Phi) is 4.36. The molecule has 96 valence electrons. The lowest BCUT2D eigenvalue weighted by molar-refractivity contribution is -0.149. The Morgan fingerprint density at radius 2 is 1.94 bits per heavy atom. The van der Waals surface area contributed by atoms with Gasteiger partial charge in [-0.05, 0) is 24.5 Å². The maximum absolute atomic E-state index is 12.4. The molecule has 0 unspecified atom stereocenters. The van der Waals surface area contributed by atoms with Crippen molar-refractivity contribution in [2.75, 3.05) is 6.61 Å². The molecule has 1 aromatic carbocycles. The van der Waals surface area contributed by atoms with Crippen molar-refractivity contribution in [1.82, 2.24) is 0 Å². The number of hydrogen-bond acceptors (Lipinski definition) is 3. The number of aliphatic hydroxyl groups excluding tert-OH is 1. The molecule has 0 aliphatic heterocycles. The second-order valence-corrected chi connectivity index (χ2v) is 3.74. The average molecular weight is 249 g/mol. The fourth-order valence-electron chi connectivity index (χ4n) is 1.47. The quantitative estimate of drug-likeness (QED) is 0.763. The summed E-state index contributed by atoms with van der Waals surface area (Å²) in [5.74, 6) is -0.470. The Morgan fingerprint density at radius 3 is 2.47 bits per heavy atom. The third-order valence-electron chi connectivity index (χ3n) is 2.40. The van der Waals surface area contributed by atoms with Gasteiger partial charge in [0, 0.05) is 12.2 Å². The average Bonchev–Trinajstić information content (AvgIpc) is 2.26. The third-order valence-corrected chi connectivity index (χ3v) is 2.40. The second kappa shape index (κ2) is 5.37. The molecule has 0 heterocycles. The normalized spacial score (nSPS) is 13.7. The smallest absolute Gasteiger partial charge is 0.407 e. The van der Waals surface area contributed by atoms with Crippen molar-refractivity contribution in [3.05, 3.63) is 29.3 Å². The van der Waals surface area contributed by atoms with Gasteiger partial charge in [-0.25, -0.2) is 0 Å². The predicted molar refractivity (Wildman–Crippen MR) is 56.5 cm³/mol. The summed E-state index contributed by atoms with van der Waals surface area (Å²) in [6.45, 7) is -0.0401. The van der Waals surface area contributed by atoms with E-state index in [1.54, 1.807) is 0 Å². The maximum atomic E-state index is 12.4. The number of hydrogen-bond donors (Lipinski definition) is 3. The predicted octanol–water partition coefficient (Wildman–Crippen LogP) is 1.88. The number of phenolic OH excluding ortho intramolecular Hbond substituents is 1. The molecular formula is C11H14F3NO2. The Morgan fingerprint density at radius 1 is 1.29 bits per heavy atom. The molecule has 0 aliphatic rings. The van der Waals surface area contributed by atoms with E-state index < -0.39 is 18.0 Å². The molecule has 1 aromatic rings. The maximum Gasteiger partial charge on any atom is 0.407 e. The molecule has 1 atom stereocenters. The molecule has 1 rings (SSSR count). The van der Waals surface area contributed by atoms with Gasteiger partial charge in [0.15, 0.2) is 0 Å². The van der Waals surface area contributed by atoms with Crippen molar-refractivity contribution in [1.29, 1.82) is 0 Å². The number of aliphatic hydroxyl groups is 1. The minimum Gasteiger partial charge on any atom is -0.508 e. The molecule has 0 saturated heterocycles. The van der Waals surface area contributed by atoms with E-state index in [1.807, 2.05) is 0 Å². The van der Waals surface area contributed by atoms with Gasteiger partial charge in [0.25, 0.3) is 0 Å². The minimum atomic E-state index is -4.59. The van der Waals surface area contributed by atoms with Gasteiger partial charge in [0.05, 0.1) is 0 Å². The van der Waals surface area contributed by atoms with Crippen molar-refractivity contribution in [3.8, 4) is 5.75 Å². The zero-order chi connectivity index (χ0) is 13.1. The van der Waals surface area contributed by atoms with Gasteiger partial charge >= 0.3 is 6.18 Å². The van der Waals surface area contributed by atoms with Crippen molar-refractivity contribution < 1.29 is 23.4 Å². The fourth-order valence-corrected chi connectivity index (χ4v) is 1.47. The number of benzene rings is 1. The lowest BCUT2D eigenvalue weighted by Gasteiger charge is -2.17. The topological polar surface area (TPSA) is 66.5 Å². The lowest BCUT2D eigenvalue weighted by Crippen LogP contribution is -2.28. The van der Waals surface area contributed by atoms with Crippen molar-refractivity contribution in [2.45, 2.75) is 25.1 Å². The molecule has 0 fully saturated rings. The number of aromatic hydroxyl groups is 1. The number of nitrogens with two attached hydrogens (primary N) is 1. The molecule has 0 aliphatic carbocycles. The van der Waals surface area contributed by atoms with Crippen LogP contribution in [0.4, 0.5) is 13.2 Å². The molecule has 6 heteroatoms. The highest BCUT2D eigenvalue weighted by Gasteiger charge is 2.39. The summed E-state index contributed by atoms with van der Waals surface area (Å²) in [6.07, 6.45) is -3.70. The summed E-state index contributed by atoms with van der Waals surface area (Å²) in [4.78, 5) is 0. The zero-order valence-electron chi connectivity index (χ0n) is 9.04. The zero-order valence-corrected chi connectivity index (χ0v) is 9.04. The molecule has 3 nitrogen and oxygen atoms in total. The van der Waals surface area contributed by atoms with Crippen LogP contribution in [0.1, 0.15) is 23.6 Å². The number of halogens is 3. The van der Waals surface area contributed by atoms with Crippen LogP contribution in [0.2, 0.25) is 0 Å². The first-order valence-electron chi connectivity index (χ1n) is 5.11. The van der Waals surface area contributed by atoms with Gasteiger partial charge in [0.1, 0.15) is 11.8 Å². The van der Waals surface area contributed by atoms with Crippen molar-refractivity contribution in [2.24, 2.45) is 5.73 Å². The summed E-state index contributed by atoms with van der Waals surface area (Å²) in [5.41, 5.74) is 5.30. The highest BCUT2D eigenvalue weighted by atomic mass is 19.4. The Labute approximate surface area is 96.7 Å². The Bertz CT molecular complexity index is 379. The van der Waals surface area contributed by atoms with Crippen LogP contribution in [-0.4, -0.2) is 23.0 Å². The largest absolute Gasteiger partial charge is 0.508 e. The summed E-state index contributed by atoms with van der Waals surface area (Å²) < 4.78 is 37.3. The van der Waals surface area contributed by atoms with Gasteiger partial charge in [-0.3, -0.25) is 0 Å². The molecule has 0 bridgehead atoms. The van der Waals surface area contributed by atoms with Gasteiger partial charge in [-0.15, -0.1) is 0 Å². The van der Waals surface area contributed by atoms with Crippen LogP contribution in [-0.2, 0) is 6.42 Å². The van der Waals surface area contributed by atoms with E-state index >= 15 is 0 Å². The number of rotatable bonds is 4. The van der Waals surface area contributed by atoms with Crippen LogP contribution in [0.5, 0.6) is 5.75 Å². The summed E-state index contributed by atoms with van der Waals surface area (Å²) in [6, 6.07) is 1.73. The first-order valence-corrected chi connectivity index (χ1v) is 5.11. The van der Waals surface area contributed by atoms with Crippen molar-refractivity contribution in [3.63, 3.8) is 0 Å². The lowest BCUT2D eigenvalue weighted by atomic mass is 10.0. The van der Waals surface area contributed by atoms with Crippen LogP contribution >= 0.6 is 0 Å². The standard InChI is InChI=1S/C11H14F3NO2/c12-11(13,14)10(15)8-6-7(2-1-5-16)3-4-9(8)17/h3-4,6,10,16-17H,1-2,5,15H2/t10-/m0/s1. The molecule has 4 N–H and O–H groups in total. The molecule has 0 amide bonds. The molecular weight excluding hydrogens is 235 g/mol. The minimum absolute atomic E-state index is 0.0401. The highest BCUT2D eigenvalue weighted by molar-refractivity contribution is 5.39. The van der Waals surface area contributed by atoms with E-state index in [9.17, 15) is 18.3 Å². The summed E-state index contributed by atoms with van der Waals surface area (Å²) in [5, 5.41) is 18.0. The molecule has 17 heavy (non-hydrogen) atoms. The number of alkyl halides is 3. The van der Waals surface area contributed by atoms with Gasteiger partial charge < -0.3 is 15.9 Å². The van der Waals surface area contributed by atoms with Crippen molar-refractivity contribution >= 4 is 0 Å². The van der Waals surface area contributed by atoms with E-state index in [4.69, 9.17) is 10.8 Å². The summed E-state index contributed by atoms with van der Waals surface area (Å²) in [7, 11) is 0. The first-order chi connectivity index (χ1) is 7.86. The van der Waals surface area contributed by atoms with Gasteiger partial charge in [-0.1, -0.05) is 12.1 Å². The monoisotopic (exact) mass is 249 g/mol. The second-order valence-electron chi connectivity index (χ2n) is 3.74. The molecule has 0 saturated carbocycles. The summed E-state index contributed by atoms with van der Waals surface area (Å²) >= 11 is 0. The highest BCUT2D eigenvalue weighted by Crippen LogP contribution is 2.35. The van der Waals surface area contributed by atoms with Crippen LogP contribution in [0, 0.1) is 0 Å². The van der Waals surface area contributed by atoms with E-state index in [2.05, 4.69) is 0 Å². The Hall–Kier alpha value is -1.27. The van der Waals surface area contributed by atoms with E-state index in [0.29, 0.717) is 18.4 Å².